The van der Waals surface area contributed by atoms with Crippen LogP contribution in [0.15, 0.2) is 53.6 Å². The Morgan fingerprint density at radius 3 is 2.72 bits per heavy atom. The third-order valence-electron chi connectivity index (χ3n) is 4.63. The molecule has 3 aromatic rings. The molecule has 4 rings (SSSR count). The van der Waals surface area contributed by atoms with Gasteiger partial charge in [-0.1, -0.05) is 12.1 Å². The number of aryl methyl sites for hydroxylation is 1. The van der Waals surface area contributed by atoms with E-state index < -0.39 is 15.9 Å². The lowest BCUT2D eigenvalue weighted by Crippen LogP contribution is -2.31. The minimum atomic E-state index is -4.03. The van der Waals surface area contributed by atoms with Crippen LogP contribution in [0.2, 0.25) is 0 Å². The number of nitrogens with one attached hydrogen (secondary N) is 1. The van der Waals surface area contributed by atoms with Gasteiger partial charge in [0.2, 0.25) is 0 Å². The Labute approximate surface area is 168 Å². The highest BCUT2D eigenvalue weighted by Crippen LogP contribution is 2.24. The van der Waals surface area contributed by atoms with Gasteiger partial charge in [-0.2, -0.15) is 5.10 Å². The van der Waals surface area contributed by atoms with Gasteiger partial charge in [0.25, 0.3) is 15.9 Å². The molecule has 0 atom stereocenters. The first-order valence-corrected chi connectivity index (χ1v) is 10.3. The number of ether oxygens (including phenoxy) is 2. The summed E-state index contributed by atoms with van der Waals surface area (Å²) in [7, 11) is -2.49. The Morgan fingerprint density at radius 1 is 1.14 bits per heavy atom. The topological polar surface area (TPSA) is 99.5 Å². The summed E-state index contributed by atoms with van der Waals surface area (Å²) in [4.78, 5) is 12.5. The molecule has 0 radical (unpaired) electrons. The molecular formula is C20H19N3O5S. The molecule has 0 saturated carbocycles. The highest BCUT2D eigenvalue weighted by molar-refractivity contribution is 7.90. The highest BCUT2D eigenvalue weighted by atomic mass is 32.2. The first kappa shape index (κ1) is 19.2. The van der Waals surface area contributed by atoms with E-state index in [1.165, 1.54) is 22.9 Å². The number of nitrogens with zero attached hydrogens (tertiary/aromatic N) is 2. The zero-order valence-corrected chi connectivity index (χ0v) is 16.7. The van der Waals surface area contributed by atoms with Crippen molar-refractivity contribution in [2.45, 2.75) is 25.0 Å². The lowest BCUT2D eigenvalue weighted by molar-refractivity contribution is 0.0976. The number of hydrogen-bond donors (Lipinski definition) is 1. The standard InChI is InChI=1S/C20H19N3O5S/c1-13-3-6-19(27-2)18(9-13)23-8-7-17(21-23)20(24)22-29(25,26)16-5-4-14-11-28-12-15(14)10-16/h3-10H,11-12H2,1-2H3,(H,22,24). The molecule has 1 aromatic heterocycles. The van der Waals surface area contributed by atoms with E-state index in [2.05, 4.69) is 9.82 Å². The molecule has 0 fully saturated rings. The summed E-state index contributed by atoms with van der Waals surface area (Å²) < 4.78 is 39.4. The molecule has 1 aliphatic rings. The molecule has 29 heavy (non-hydrogen) atoms. The number of carbonyl (C=O) groups excluding carboxylic acids is 1. The number of sulfonamides is 1. The summed E-state index contributed by atoms with van der Waals surface area (Å²) in [6.45, 7) is 2.74. The maximum atomic E-state index is 12.6. The second kappa shape index (κ2) is 7.34. The van der Waals surface area contributed by atoms with Gasteiger partial charge < -0.3 is 9.47 Å². The van der Waals surface area contributed by atoms with Gasteiger partial charge in [-0.3, -0.25) is 4.79 Å². The summed E-state index contributed by atoms with van der Waals surface area (Å²) in [5.41, 5.74) is 3.36. The van der Waals surface area contributed by atoms with E-state index in [1.807, 2.05) is 19.1 Å². The van der Waals surface area contributed by atoms with Crippen molar-refractivity contribution in [3.05, 3.63) is 71.0 Å². The third-order valence-corrected chi connectivity index (χ3v) is 5.96. The minimum absolute atomic E-state index is 0.00915. The van der Waals surface area contributed by atoms with Gasteiger partial charge in [-0.05, 0) is 53.9 Å². The maximum Gasteiger partial charge on any atom is 0.285 e. The molecule has 0 bridgehead atoms. The second-order valence-electron chi connectivity index (χ2n) is 6.68. The zero-order chi connectivity index (χ0) is 20.6. The van der Waals surface area contributed by atoms with E-state index in [0.717, 1.165) is 16.7 Å². The third kappa shape index (κ3) is 3.74. The number of benzene rings is 2. The molecule has 0 saturated heterocycles. The van der Waals surface area contributed by atoms with Gasteiger partial charge in [0.05, 0.1) is 25.2 Å². The summed E-state index contributed by atoms with van der Waals surface area (Å²) in [6.07, 6.45) is 1.57. The van der Waals surface area contributed by atoms with Crippen molar-refractivity contribution in [1.82, 2.24) is 14.5 Å². The van der Waals surface area contributed by atoms with Gasteiger partial charge >= 0.3 is 0 Å². The molecule has 0 unspecified atom stereocenters. The van der Waals surface area contributed by atoms with Crippen LogP contribution in [-0.2, 0) is 28.0 Å². The monoisotopic (exact) mass is 413 g/mol. The molecule has 1 N–H and O–H groups in total. The average molecular weight is 413 g/mol. The number of carbonyl (C=O) groups is 1. The van der Waals surface area contributed by atoms with Crippen molar-refractivity contribution in [2.75, 3.05) is 7.11 Å². The van der Waals surface area contributed by atoms with Crippen molar-refractivity contribution >= 4 is 15.9 Å². The fraction of sp³-hybridized carbons (Fsp3) is 0.200. The summed E-state index contributed by atoms with van der Waals surface area (Å²) in [6, 6.07) is 11.7. The Hall–Kier alpha value is -3.17. The number of methoxy groups -OCH3 is 1. The number of fused-ring (bicyclic) bond motifs is 1. The van der Waals surface area contributed by atoms with E-state index >= 15 is 0 Å². The Kier molecular flexibility index (Phi) is 4.85. The van der Waals surface area contributed by atoms with Crippen LogP contribution in [0.25, 0.3) is 5.69 Å². The smallest absolute Gasteiger partial charge is 0.285 e. The Morgan fingerprint density at radius 2 is 1.93 bits per heavy atom. The van der Waals surface area contributed by atoms with Crippen molar-refractivity contribution in [2.24, 2.45) is 0 Å². The van der Waals surface area contributed by atoms with Crippen LogP contribution in [-0.4, -0.2) is 31.2 Å². The van der Waals surface area contributed by atoms with Crippen LogP contribution in [0, 0.1) is 6.92 Å². The molecule has 0 aliphatic carbocycles. The summed E-state index contributed by atoms with van der Waals surface area (Å²) in [5, 5.41) is 4.21. The molecule has 0 spiro atoms. The predicted molar refractivity (Wildman–Crippen MR) is 104 cm³/mol. The molecule has 2 heterocycles. The first-order valence-electron chi connectivity index (χ1n) is 8.85. The Bertz CT molecular complexity index is 1200. The van der Waals surface area contributed by atoms with E-state index in [-0.39, 0.29) is 10.6 Å². The van der Waals surface area contributed by atoms with Crippen molar-refractivity contribution in [1.29, 1.82) is 0 Å². The molecule has 1 amide bonds. The lowest BCUT2D eigenvalue weighted by Gasteiger charge is -2.09. The number of rotatable bonds is 5. The predicted octanol–water partition coefficient (Wildman–Crippen LogP) is 2.34. The van der Waals surface area contributed by atoms with Crippen LogP contribution in [0.5, 0.6) is 5.75 Å². The molecule has 150 valence electrons. The quantitative estimate of drug-likeness (QED) is 0.689. The molecular weight excluding hydrogens is 394 g/mol. The summed E-state index contributed by atoms with van der Waals surface area (Å²) in [5.74, 6) is -0.231. The fourth-order valence-corrected chi connectivity index (χ4v) is 4.12. The lowest BCUT2D eigenvalue weighted by atomic mass is 10.1. The van der Waals surface area contributed by atoms with Crippen molar-refractivity contribution in [3.63, 3.8) is 0 Å². The maximum absolute atomic E-state index is 12.6. The summed E-state index contributed by atoms with van der Waals surface area (Å²) >= 11 is 0. The minimum Gasteiger partial charge on any atom is -0.494 e. The SMILES string of the molecule is COc1ccc(C)cc1-n1ccc(C(=O)NS(=O)(=O)c2ccc3c(c2)COC3)n1. The van der Waals surface area contributed by atoms with E-state index in [9.17, 15) is 13.2 Å². The average Bonchev–Trinajstić information content (AvgIpc) is 3.36. The van der Waals surface area contributed by atoms with E-state index in [1.54, 1.807) is 25.4 Å². The molecule has 8 nitrogen and oxygen atoms in total. The van der Waals surface area contributed by atoms with Gasteiger partial charge in [-0.15, -0.1) is 0 Å². The van der Waals surface area contributed by atoms with Crippen LogP contribution < -0.4 is 9.46 Å². The number of aromatic nitrogens is 2. The van der Waals surface area contributed by atoms with Crippen LogP contribution in [0.4, 0.5) is 0 Å². The van der Waals surface area contributed by atoms with Crippen LogP contribution in [0.1, 0.15) is 27.2 Å². The largest absolute Gasteiger partial charge is 0.494 e. The second-order valence-corrected chi connectivity index (χ2v) is 8.36. The molecule has 9 heteroatoms. The molecule has 1 aliphatic heterocycles. The van der Waals surface area contributed by atoms with Crippen molar-refractivity contribution < 1.29 is 22.7 Å². The van der Waals surface area contributed by atoms with Gasteiger partial charge in [0.15, 0.2) is 5.69 Å². The molecule has 2 aromatic carbocycles. The normalized spacial score (nSPS) is 13.2. The van der Waals surface area contributed by atoms with Gasteiger partial charge in [-0.25, -0.2) is 17.8 Å². The van der Waals surface area contributed by atoms with Crippen molar-refractivity contribution in [3.8, 4) is 11.4 Å². The number of amides is 1. The van der Waals surface area contributed by atoms with Gasteiger partial charge in [0.1, 0.15) is 11.4 Å². The highest BCUT2D eigenvalue weighted by Gasteiger charge is 2.23. The van der Waals surface area contributed by atoms with E-state index in [4.69, 9.17) is 9.47 Å². The first-order chi connectivity index (χ1) is 13.9. The Balaban J connectivity index is 1.57. The van der Waals surface area contributed by atoms with E-state index in [0.29, 0.717) is 24.7 Å². The van der Waals surface area contributed by atoms with Crippen LogP contribution >= 0.6 is 0 Å². The van der Waals surface area contributed by atoms with Gasteiger partial charge in [0, 0.05) is 6.20 Å². The fourth-order valence-electron chi connectivity index (χ4n) is 3.11. The number of hydrogen-bond acceptors (Lipinski definition) is 6. The van der Waals surface area contributed by atoms with Crippen LogP contribution in [0.3, 0.4) is 0 Å². The zero-order valence-electron chi connectivity index (χ0n) is 15.9.